The van der Waals surface area contributed by atoms with Crippen LogP contribution in [0.1, 0.15) is 24.3 Å². The maximum atomic E-state index is 13.4. The number of rotatable bonds is 4. The zero-order valence-electron chi connectivity index (χ0n) is 13.4. The molecule has 2 aromatic carbocycles. The molecule has 0 radical (unpaired) electrons. The first-order chi connectivity index (χ1) is 11.5. The molecule has 6 heteroatoms. The van der Waals surface area contributed by atoms with Crippen LogP contribution in [0, 0.1) is 5.82 Å². The first kappa shape index (κ1) is 15.9. The first-order valence-corrected chi connectivity index (χ1v) is 7.58. The molecule has 0 saturated heterocycles. The lowest BCUT2D eigenvalue weighted by molar-refractivity contribution is 0.0995. The van der Waals surface area contributed by atoms with Crippen molar-refractivity contribution in [3.63, 3.8) is 0 Å². The highest BCUT2D eigenvalue weighted by molar-refractivity contribution is 6.05. The SMILES string of the molecule is CC(C)Nc1c(C(N)=O)nnc2cc(-c3cccc(F)c3)ccc12. The smallest absolute Gasteiger partial charge is 0.271 e. The van der Waals surface area contributed by atoms with Gasteiger partial charge in [0.15, 0.2) is 5.69 Å². The summed E-state index contributed by atoms with van der Waals surface area (Å²) in [6.45, 7) is 3.91. The fraction of sp³-hybridized carbons (Fsp3) is 0.167. The van der Waals surface area contributed by atoms with Gasteiger partial charge in [-0.05, 0) is 49.2 Å². The number of halogens is 1. The lowest BCUT2D eigenvalue weighted by atomic mass is 10.0. The van der Waals surface area contributed by atoms with Crippen molar-refractivity contribution >= 4 is 22.5 Å². The molecule has 1 amide bonds. The average Bonchev–Trinajstić information content (AvgIpc) is 2.53. The zero-order chi connectivity index (χ0) is 17.3. The first-order valence-electron chi connectivity index (χ1n) is 7.58. The highest BCUT2D eigenvalue weighted by Crippen LogP contribution is 2.29. The van der Waals surface area contributed by atoms with E-state index in [1.165, 1.54) is 12.1 Å². The van der Waals surface area contributed by atoms with Crippen molar-refractivity contribution in [1.29, 1.82) is 0 Å². The Kier molecular flexibility index (Phi) is 4.12. The second-order valence-electron chi connectivity index (χ2n) is 5.83. The summed E-state index contributed by atoms with van der Waals surface area (Å²) in [5.74, 6) is -0.938. The van der Waals surface area contributed by atoms with E-state index in [0.29, 0.717) is 11.2 Å². The summed E-state index contributed by atoms with van der Waals surface area (Å²) in [7, 11) is 0. The van der Waals surface area contributed by atoms with E-state index < -0.39 is 5.91 Å². The molecule has 3 rings (SSSR count). The van der Waals surface area contributed by atoms with Crippen LogP contribution < -0.4 is 11.1 Å². The Balaban J connectivity index is 2.18. The van der Waals surface area contributed by atoms with Gasteiger partial charge in [0.1, 0.15) is 5.82 Å². The Morgan fingerprint density at radius 1 is 1.12 bits per heavy atom. The Hall–Kier alpha value is -3.02. The van der Waals surface area contributed by atoms with Crippen molar-refractivity contribution in [2.45, 2.75) is 19.9 Å². The van der Waals surface area contributed by atoms with Crippen molar-refractivity contribution < 1.29 is 9.18 Å². The minimum absolute atomic E-state index is 0.0957. The number of carbonyl (C=O) groups excluding carboxylic acids is 1. The number of primary amides is 1. The van der Waals surface area contributed by atoms with Gasteiger partial charge in [0, 0.05) is 11.4 Å². The third-order valence-corrected chi connectivity index (χ3v) is 3.59. The molecule has 0 unspecified atom stereocenters. The van der Waals surface area contributed by atoms with Crippen molar-refractivity contribution in [2.75, 3.05) is 5.32 Å². The van der Waals surface area contributed by atoms with E-state index in [1.54, 1.807) is 6.07 Å². The van der Waals surface area contributed by atoms with E-state index >= 15 is 0 Å². The molecule has 5 nitrogen and oxygen atoms in total. The van der Waals surface area contributed by atoms with Crippen molar-refractivity contribution in [1.82, 2.24) is 10.2 Å². The van der Waals surface area contributed by atoms with Crippen molar-refractivity contribution in [2.24, 2.45) is 5.73 Å². The highest BCUT2D eigenvalue weighted by atomic mass is 19.1. The quantitative estimate of drug-likeness (QED) is 0.771. The van der Waals surface area contributed by atoms with Gasteiger partial charge < -0.3 is 11.1 Å². The molecule has 24 heavy (non-hydrogen) atoms. The molecule has 122 valence electrons. The normalized spacial score (nSPS) is 11.0. The summed E-state index contributed by atoms with van der Waals surface area (Å²) in [6.07, 6.45) is 0. The van der Waals surface area contributed by atoms with E-state index in [-0.39, 0.29) is 17.6 Å². The van der Waals surface area contributed by atoms with Gasteiger partial charge in [-0.15, -0.1) is 10.2 Å². The van der Waals surface area contributed by atoms with E-state index in [4.69, 9.17) is 5.73 Å². The molecule has 0 saturated carbocycles. The minimum atomic E-state index is -0.637. The molecule has 0 aliphatic rings. The number of anilines is 1. The summed E-state index contributed by atoms with van der Waals surface area (Å²) in [6, 6.07) is 11.9. The molecule has 3 aromatic rings. The molecule has 0 spiro atoms. The average molecular weight is 324 g/mol. The Labute approximate surface area is 138 Å². The monoisotopic (exact) mass is 324 g/mol. The number of aromatic nitrogens is 2. The number of benzene rings is 2. The molecule has 0 aliphatic heterocycles. The van der Waals surface area contributed by atoms with Gasteiger partial charge in [-0.2, -0.15) is 0 Å². The van der Waals surface area contributed by atoms with Crippen LogP contribution in [0.15, 0.2) is 42.5 Å². The summed E-state index contributed by atoms with van der Waals surface area (Å²) in [5, 5.41) is 12.0. The summed E-state index contributed by atoms with van der Waals surface area (Å²) >= 11 is 0. The van der Waals surface area contributed by atoms with Crippen molar-refractivity contribution in [3.05, 3.63) is 54.0 Å². The van der Waals surface area contributed by atoms with Crippen LogP contribution in [-0.4, -0.2) is 22.1 Å². The summed E-state index contributed by atoms with van der Waals surface area (Å²) < 4.78 is 13.4. The van der Waals surface area contributed by atoms with Crippen LogP contribution in [0.25, 0.3) is 22.0 Å². The van der Waals surface area contributed by atoms with Crippen LogP contribution in [0.4, 0.5) is 10.1 Å². The number of fused-ring (bicyclic) bond motifs is 1. The molecule has 0 bridgehead atoms. The Morgan fingerprint density at radius 3 is 2.54 bits per heavy atom. The number of nitrogens with one attached hydrogen (secondary N) is 1. The van der Waals surface area contributed by atoms with Gasteiger partial charge in [0.25, 0.3) is 5.91 Å². The maximum absolute atomic E-state index is 13.4. The Bertz CT molecular complexity index is 924. The van der Waals surface area contributed by atoms with E-state index in [9.17, 15) is 9.18 Å². The lowest BCUT2D eigenvalue weighted by Crippen LogP contribution is -2.20. The van der Waals surface area contributed by atoms with Gasteiger partial charge in [-0.3, -0.25) is 4.79 Å². The third-order valence-electron chi connectivity index (χ3n) is 3.59. The molecular weight excluding hydrogens is 307 g/mol. The third kappa shape index (κ3) is 3.03. The predicted octanol–water partition coefficient (Wildman–Crippen LogP) is 3.36. The van der Waals surface area contributed by atoms with Crippen LogP contribution in [0.3, 0.4) is 0 Å². The molecule has 1 aromatic heterocycles. The van der Waals surface area contributed by atoms with Gasteiger partial charge in [0.05, 0.1) is 11.2 Å². The van der Waals surface area contributed by atoms with Gasteiger partial charge in [-0.1, -0.05) is 18.2 Å². The van der Waals surface area contributed by atoms with Gasteiger partial charge >= 0.3 is 0 Å². The second kappa shape index (κ2) is 6.23. The molecule has 0 fully saturated rings. The number of amides is 1. The number of carbonyl (C=O) groups is 1. The number of nitrogens with zero attached hydrogens (tertiary/aromatic N) is 2. The van der Waals surface area contributed by atoms with Gasteiger partial charge in [-0.25, -0.2) is 4.39 Å². The lowest BCUT2D eigenvalue weighted by Gasteiger charge is -2.15. The molecule has 0 atom stereocenters. The van der Waals surface area contributed by atoms with E-state index in [2.05, 4.69) is 15.5 Å². The van der Waals surface area contributed by atoms with Crippen LogP contribution in [0.5, 0.6) is 0 Å². The molecular formula is C18H17FN4O. The number of hydrogen-bond donors (Lipinski definition) is 2. The highest BCUT2D eigenvalue weighted by Gasteiger charge is 2.16. The topological polar surface area (TPSA) is 80.9 Å². The Morgan fingerprint density at radius 2 is 1.88 bits per heavy atom. The minimum Gasteiger partial charge on any atom is -0.380 e. The molecule has 3 N–H and O–H groups in total. The van der Waals surface area contributed by atoms with E-state index in [0.717, 1.165) is 16.5 Å². The standard InChI is InChI=1S/C18H17FN4O/c1-10(2)21-16-14-7-6-12(11-4-3-5-13(19)8-11)9-15(14)22-23-17(16)18(20)24/h3-10H,1-2H3,(H2,20,24)(H,21,22). The fourth-order valence-corrected chi connectivity index (χ4v) is 2.56. The maximum Gasteiger partial charge on any atom is 0.271 e. The predicted molar refractivity (Wildman–Crippen MR) is 92.2 cm³/mol. The fourth-order valence-electron chi connectivity index (χ4n) is 2.56. The van der Waals surface area contributed by atoms with Crippen LogP contribution >= 0.6 is 0 Å². The largest absolute Gasteiger partial charge is 0.380 e. The molecule has 0 aliphatic carbocycles. The number of hydrogen-bond acceptors (Lipinski definition) is 4. The second-order valence-corrected chi connectivity index (χ2v) is 5.83. The van der Waals surface area contributed by atoms with Crippen LogP contribution in [-0.2, 0) is 0 Å². The van der Waals surface area contributed by atoms with Crippen molar-refractivity contribution in [3.8, 4) is 11.1 Å². The van der Waals surface area contributed by atoms with E-state index in [1.807, 2.05) is 38.1 Å². The van der Waals surface area contributed by atoms with Crippen LogP contribution in [0.2, 0.25) is 0 Å². The van der Waals surface area contributed by atoms with Gasteiger partial charge in [0.2, 0.25) is 0 Å². The summed E-state index contributed by atoms with van der Waals surface area (Å²) in [5.41, 5.74) is 8.23. The summed E-state index contributed by atoms with van der Waals surface area (Å²) in [4.78, 5) is 11.6. The number of nitrogens with two attached hydrogens (primary N) is 1. The molecule has 1 heterocycles. The zero-order valence-corrected chi connectivity index (χ0v) is 13.4.